The number of hydrogen-bond acceptors (Lipinski definition) is 6. The molecule has 8 nitrogen and oxygen atoms in total. The molecule has 1 fully saturated rings. The number of hydrogen-bond donors (Lipinski definition) is 3. The smallest absolute Gasteiger partial charge is 0.237 e. The van der Waals surface area contributed by atoms with Crippen LogP contribution in [0.3, 0.4) is 0 Å². The van der Waals surface area contributed by atoms with Gasteiger partial charge in [0.1, 0.15) is 23.4 Å². The highest BCUT2D eigenvalue weighted by Gasteiger charge is 2.30. The average Bonchev–Trinajstić information content (AvgIpc) is 3.54. The lowest BCUT2D eigenvalue weighted by Crippen LogP contribution is -2.44. The Morgan fingerprint density at radius 3 is 2.51 bits per heavy atom. The molecule has 1 aliphatic heterocycles. The van der Waals surface area contributed by atoms with Crippen molar-refractivity contribution in [3.05, 3.63) is 64.9 Å². The van der Waals surface area contributed by atoms with Gasteiger partial charge in [-0.25, -0.2) is 8.78 Å². The van der Waals surface area contributed by atoms with Gasteiger partial charge in [0.05, 0.1) is 12.5 Å². The normalized spacial score (nSPS) is 16.1. The van der Waals surface area contributed by atoms with Crippen LogP contribution in [0.5, 0.6) is 0 Å². The van der Waals surface area contributed by atoms with Crippen LogP contribution >= 0.6 is 0 Å². The summed E-state index contributed by atoms with van der Waals surface area (Å²) in [7, 11) is 3.56. The van der Waals surface area contributed by atoms with Crippen molar-refractivity contribution in [3.8, 4) is 11.1 Å². The number of aromatic amines is 1. The number of halogens is 2. The molecule has 0 bridgehead atoms. The zero-order valence-corrected chi connectivity index (χ0v) is 21.4. The van der Waals surface area contributed by atoms with Crippen LogP contribution in [0.15, 0.2) is 36.4 Å². The largest absolute Gasteiger partial charge is 0.360 e. The second kappa shape index (κ2) is 11.2. The van der Waals surface area contributed by atoms with Crippen molar-refractivity contribution in [1.29, 1.82) is 0 Å². The first kappa shape index (κ1) is 26.4. The number of aromatic nitrogens is 3. The summed E-state index contributed by atoms with van der Waals surface area (Å²) < 4.78 is 29.9. The average molecular weight is 511 g/mol. The lowest BCUT2D eigenvalue weighted by molar-refractivity contribution is -0.128. The van der Waals surface area contributed by atoms with Crippen molar-refractivity contribution in [3.63, 3.8) is 0 Å². The lowest BCUT2D eigenvalue weighted by Gasteiger charge is -2.21. The van der Waals surface area contributed by atoms with E-state index < -0.39 is 23.7 Å². The Labute approximate surface area is 214 Å². The number of amides is 1. The van der Waals surface area contributed by atoms with E-state index in [-0.39, 0.29) is 29.6 Å². The van der Waals surface area contributed by atoms with E-state index in [0.717, 1.165) is 13.0 Å². The monoisotopic (exact) mass is 510 g/mol. The van der Waals surface area contributed by atoms with Crippen molar-refractivity contribution in [2.75, 3.05) is 25.5 Å². The molecule has 4 rings (SSSR count). The molecule has 1 saturated heterocycles. The second-order valence-corrected chi connectivity index (χ2v) is 9.85. The third kappa shape index (κ3) is 5.85. The molecule has 0 spiro atoms. The zero-order chi connectivity index (χ0) is 26.7. The van der Waals surface area contributed by atoms with Crippen molar-refractivity contribution in [1.82, 2.24) is 26.0 Å². The molecule has 3 aromatic rings. The van der Waals surface area contributed by atoms with Crippen LogP contribution in [-0.4, -0.2) is 53.8 Å². The molecular weight excluding hydrogens is 478 g/mol. The molecular formula is C27H32F2N6O2. The Kier molecular flexibility index (Phi) is 7.97. The van der Waals surface area contributed by atoms with Crippen molar-refractivity contribution >= 4 is 17.5 Å². The maximum Gasteiger partial charge on any atom is 0.237 e. The van der Waals surface area contributed by atoms with Gasteiger partial charge in [0.15, 0.2) is 11.6 Å². The highest BCUT2D eigenvalue weighted by molar-refractivity contribution is 5.93. The fourth-order valence-electron chi connectivity index (χ4n) is 4.60. The number of rotatable bonds is 9. The highest BCUT2D eigenvalue weighted by atomic mass is 19.1. The van der Waals surface area contributed by atoms with Crippen molar-refractivity contribution in [2.24, 2.45) is 0 Å². The van der Waals surface area contributed by atoms with Crippen molar-refractivity contribution < 1.29 is 18.4 Å². The molecule has 2 atom stereocenters. The number of carbonyl (C=O) groups excluding carboxylic acids is 2. The Morgan fingerprint density at radius 2 is 1.89 bits per heavy atom. The molecule has 37 heavy (non-hydrogen) atoms. The Balaban J connectivity index is 1.64. The fourth-order valence-corrected chi connectivity index (χ4v) is 4.60. The number of carbonyl (C=O) groups is 2. The van der Waals surface area contributed by atoms with E-state index in [4.69, 9.17) is 0 Å². The third-order valence-corrected chi connectivity index (χ3v) is 6.61. The molecule has 1 aromatic heterocycles. The van der Waals surface area contributed by atoms with E-state index in [1.54, 1.807) is 37.2 Å². The van der Waals surface area contributed by atoms with Crippen molar-refractivity contribution in [2.45, 2.75) is 51.1 Å². The van der Waals surface area contributed by atoms with E-state index >= 15 is 4.39 Å². The lowest BCUT2D eigenvalue weighted by atomic mass is 9.94. The molecule has 2 aromatic carbocycles. The minimum Gasteiger partial charge on any atom is -0.360 e. The van der Waals surface area contributed by atoms with Gasteiger partial charge in [-0.3, -0.25) is 9.59 Å². The van der Waals surface area contributed by atoms with Gasteiger partial charge in [-0.1, -0.05) is 38.1 Å². The predicted molar refractivity (Wildman–Crippen MR) is 137 cm³/mol. The number of Topliss-reactive ketones (excluding diaryl/α,β-unsaturated/α-hetero) is 1. The topological polar surface area (TPSA) is 103 Å². The fraction of sp³-hybridized carbons (Fsp3) is 0.407. The molecule has 2 heterocycles. The van der Waals surface area contributed by atoms with E-state index in [2.05, 4.69) is 26.0 Å². The van der Waals surface area contributed by atoms with Gasteiger partial charge >= 0.3 is 0 Å². The Bertz CT molecular complexity index is 1280. The van der Waals surface area contributed by atoms with Crippen LogP contribution < -0.4 is 15.5 Å². The Morgan fingerprint density at radius 1 is 1.11 bits per heavy atom. The number of H-pyrrole nitrogens is 1. The van der Waals surface area contributed by atoms with Gasteiger partial charge in [0.25, 0.3) is 0 Å². The van der Waals surface area contributed by atoms with Crippen LogP contribution in [0.1, 0.15) is 55.5 Å². The van der Waals surface area contributed by atoms with E-state index in [9.17, 15) is 14.0 Å². The first-order valence-corrected chi connectivity index (χ1v) is 12.4. The summed E-state index contributed by atoms with van der Waals surface area (Å²) in [6.07, 6.45) is 1.40. The van der Waals surface area contributed by atoms with Gasteiger partial charge < -0.3 is 15.5 Å². The summed E-state index contributed by atoms with van der Waals surface area (Å²) in [6, 6.07) is 7.48. The summed E-state index contributed by atoms with van der Waals surface area (Å²) in [5, 5.41) is 16.6. The van der Waals surface area contributed by atoms with Crippen LogP contribution in [0, 0.1) is 11.6 Å². The molecule has 10 heteroatoms. The molecule has 196 valence electrons. The van der Waals surface area contributed by atoms with Gasteiger partial charge in [-0.15, -0.1) is 5.10 Å². The van der Waals surface area contributed by atoms with Gasteiger partial charge in [-0.2, -0.15) is 10.3 Å². The molecule has 2 unspecified atom stereocenters. The SMILES string of the molecule is CC(C)c1ccc(-c2ccc(C(NC(=O)C3CCCN3)C(=O)Cc3n[nH]nc3N(C)C)cc2F)cc1F. The van der Waals surface area contributed by atoms with E-state index in [1.165, 1.54) is 18.2 Å². The van der Waals surface area contributed by atoms with E-state index in [1.807, 2.05) is 13.8 Å². The summed E-state index contributed by atoms with van der Waals surface area (Å²) >= 11 is 0. The number of benzene rings is 2. The summed E-state index contributed by atoms with van der Waals surface area (Å²) in [6.45, 7) is 4.50. The zero-order valence-electron chi connectivity index (χ0n) is 21.4. The summed E-state index contributed by atoms with van der Waals surface area (Å²) in [5.41, 5.74) is 1.88. The minimum atomic E-state index is -1.09. The maximum absolute atomic E-state index is 15.3. The molecule has 0 aliphatic carbocycles. The summed E-state index contributed by atoms with van der Waals surface area (Å²) in [5.74, 6) is -1.18. The third-order valence-electron chi connectivity index (χ3n) is 6.61. The second-order valence-electron chi connectivity index (χ2n) is 9.85. The van der Waals surface area contributed by atoms with Crippen LogP contribution in [0.25, 0.3) is 11.1 Å². The number of ketones is 1. The molecule has 3 N–H and O–H groups in total. The van der Waals surface area contributed by atoms with Gasteiger partial charge in [0, 0.05) is 19.7 Å². The highest BCUT2D eigenvalue weighted by Crippen LogP contribution is 2.30. The first-order valence-electron chi connectivity index (χ1n) is 12.4. The molecule has 0 radical (unpaired) electrons. The maximum atomic E-state index is 15.3. The quantitative estimate of drug-likeness (QED) is 0.406. The van der Waals surface area contributed by atoms with Crippen LogP contribution in [-0.2, 0) is 16.0 Å². The molecule has 1 amide bonds. The number of nitrogens with zero attached hydrogens (tertiary/aromatic N) is 3. The number of anilines is 1. The van der Waals surface area contributed by atoms with E-state index in [0.29, 0.717) is 34.6 Å². The van der Waals surface area contributed by atoms with Gasteiger partial charge in [-0.05, 0) is 54.1 Å². The number of nitrogens with one attached hydrogen (secondary N) is 3. The van der Waals surface area contributed by atoms with Gasteiger partial charge in [0.2, 0.25) is 5.91 Å². The first-order chi connectivity index (χ1) is 17.7. The molecule has 1 aliphatic rings. The van der Waals surface area contributed by atoms with Crippen LogP contribution in [0.2, 0.25) is 0 Å². The standard InChI is InChI=1S/C27H32F2N6O2/c1-15(2)18-9-7-16(12-20(18)28)19-10-8-17(13-21(19)29)25(31-27(37)22-6-5-11-30-22)24(36)14-23-26(35(3)4)33-34-32-23/h7-10,12-13,15,22,25,30H,5-6,11,14H2,1-4H3,(H,31,37)(H,32,33,34). The predicted octanol–water partition coefficient (Wildman–Crippen LogP) is 3.66. The van der Waals surface area contributed by atoms with Crippen LogP contribution in [0.4, 0.5) is 14.6 Å². The molecule has 0 saturated carbocycles. The summed E-state index contributed by atoms with van der Waals surface area (Å²) in [4.78, 5) is 28.1. The minimum absolute atomic E-state index is 0.00346. The Hall–Kier alpha value is -3.66.